The highest BCUT2D eigenvalue weighted by Crippen LogP contribution is 2.30. The predicted octanol–water partition coefficient (Wildman–Crippen LogP) is 2.27. The molecule has 0 spiro atoms. The number of hydrogen-bond donors (Lipinski definition) is 0. The zero-order chi connectivity index (χ0) is 17.0. The highest BCUT2D eigenvalue weighted by Gasteiger charge is 2.39. The van der Waals surface area contributed by atoms with Crippen molar-refractivity contribution in [2.45, 2.75) is 5.25 Å². The van der Waals surface area contributed by atoms with Crippen LogP contribution >= 0.6 is 0 Å². The smallest absolute Gasteiger partial charge is 0.228 e. The maximum absolute atomic E-state index is 13.2. The number of carbonyl (C=O) groups is 1. The minimum absolute atomic E-state index is 0.272. The highest BCUT2D eigenvalue weighted by molar-refractivity contribution is 7.90. The summed E-state index contributed by atoms with van der Waals surface area (Å²) in [6.45, 7) is 1.24. The van der Waals surface area contributed by atoms with Gasteiger partial charge in [-0.1, -0.05) is 60.7 Å². The van der Waals surface area contributed by atoms with Crippen molar-refractivity contribution < 1.29 is 17.9 Å². The van der Waals surface area contributed by atoms with Gasteiger partial charge in [-0.25, -0.2) is 8.42 Å². The molecule has 6 heteroatoms. The summed E-state index contributed by atoms with van der Waals surface area (Å²) in [6, 6.07) is 17.2. The largest absolute Gasteiger partial charge is 0.379 e. The van der Waals surface area contributed by atoms with Crippen molar-refractivity contribution in [1.29, 1.82) is 0 Å². The lowest BCUT2D eigenvalue weighted by Gasteiger charge is -2.30. The van der Waals surface area contributed by atoms with Gasteiger partial charge in [-0.3, -0.25) is 4.79 Å². The van der Waals surface area contributed by atoms with Gasteiger partial charge in [-0.2, -0.15) is 4.31 Å². The molecule has 5 nitrogen and oxygen atoms in total. The average molecular weight is 345 g/mol. The Hall–Kier alpha value is -2.02. The third-order valence-electron chi connectivity index (χ3n) is 4.03. The molecule has 126 valence electrons. The van der Waals surface area contributed by atoms with E-state index in [4.69, 9.17) is 4.74 Å². The third kappa shape index (κ3) is 3.40. The topological polar surface area (TPSA) is 63.7 Å². The number of sulfonamides is 1. The van der Waals surface area contributed by atoms with E-state index in [0.717, 1.165) is 0 Å². The third-order valence-corrected chi connectivity index (χ3v) is 6.19. The van der Waals surface area contributed by atoms with Gasteiger partial charge in [0, 0.05) is 18.7 Å². The van der Waals surface area contributed by atoms with Crippen molar-refractivity contribution in [2.75, 3.05) is 26.3 Å². The van der Waals surface area contributed by atoms with Crippen LogP contribution in [0.2, 0.25) is 0 Å². The number of hydrogen-bond acceptors (Lipinski definition) is 4. The van der Waals surface area contributed by atoms with E-state index < -0.39 is 21.1 Å². The lowest BCUT2D eigenvalue weighted by Crippen LogP contribution is -2.44. The molecule has 1 aliphatic heterocycles. The molecule has 0 N–H and O–H groups in total. The Morgan fingerprint density at radius 1 is 0.917 bits per heavy atom. The minimum atomic E-state index is -3.82. The number of Topliss-reactive ketones (excluding diaryl/α,β-unsaturated/α-hetero) is 1. The van der Waals surface area contributed by atoms with E-state index in [-0.39, 0.29) is 13.1 Å². The van der Waals surface area contributed by atoms with Gasteiger partial charge in [0.1, 0.15) is 0 Å². The Kier molecular flexibility index (Phi) is 5.08. The second-order valence-corrected chi connectivity index (χ2v) is 7.60. The average Bonchev–Trinajstić information content (AvgIpc) is 2.64. The molecule has 0 saturated carbocycles. The SMILES string of the molecule is O=C(c1ccccc1)C(c1ccccc1)S(=O)(=O)N1CCOCC1. The van der Waals surface area contributed by atoms with E-state index in [1.807, 2.05) is 0 Å². The Balaban J connectivity index is 2.04. The van der Waals surface area contributed by atoms with E-state index in [9.17, 15) is 13.2 Å². The van der Waals surface area contributed by atoms with E-state index in [2.05, 4.69) is 0 Å². The molecule has 0 aromatic heterocycles. The van der Waals surface area contributed by atoms with Crippen LogP contribution in [0.5, 0.6) is 0 Å². The number of carbonyl (C=O) groups excluding carboxylic acids is 1. The summed E-state index contributed by atoms with van der Waals surface area (Å²) in [4.78, 5) is 13.0. The van der Waals surface area contributed by atoms with E-state index >= 15 is 0 Å². The zero-order valence-electron chi connectivity index (χ0n) is 13.2. The van der Waals surface area contributed by atoms with E-state index in [0.29, 0.717) is 24.3 Å². The maximum atomic E-state index is 13.2. The molecular formula is C18H19NO4S. The fraction of sp³-hybridized carbons (Fsp3) is 0.278. The van der Waals surface area contributed by atoms with Crippen molar-refractivity contribution in [3.05, 3.63) is 71.8 Å². The van der Waals surface area contributed by atoms with Gasteiger partial charge in [0.05, 0.1) is 13.2 Å². The summed E-state index contributed by atoms with van der Waals surface area (Å²) < 4.78 is 32.9. The monoisotopic (exact) mass is 345 g/mol. The first-order valence-electron chi connectivity index (χ1n) is 7.81. The molecule has 24 heavy (non-hydrogen) atoms. The number of rotatable bonds is 5. The van der Waals surface area contributed by atoms with Gasteiger partial charge in [-0.05, 0) is 5.56 Å². The van der Waals surface area contributed by atoms with Crippen molar-refractivity contribution >= 4 is 15.8 Å². The molecule has 1 aliphatic rings. The summed E-state index contributed by atoms with van der Waals surface area (Å²) >= 11 is 0. The summed E-state index contributed by atoms with van der Waals surface area (Å²) in [5, 5.41) is -1.24. The number of benzene rings is 2. The van der Waals surface area contributed by atoms with Gasteiger partial charge >= 0.3 is 0 Å². The first kappa shape index (κ1) is 16.8. The summed E-state index contributed by atoms with van der Waals surface area (Å²) in [5.41, 5.74) is 0.876. The molecule has 2 aromatic rings. The van der Waals surface area contributed by atoms with Crippen LogP contribution in [0.25, 0.3) is 0 Å². The number of nitrogens with zero attached hydrogens (tertiary/aromatic N) is 1. The lowest BCUT2D eigenvalue weighted by atomic mass is 10.0. The zero-order valence-corrected chi connectivity index (χ0v) is 14.0. The number of morpholine rings is 1. The van der Waals surface area contributed by atoms with Crippen molar-refractivity contribution in [3.63, 3.8) is 0 Å². The van der Waals surface area contributed by atoms with Crippen LogP contribution in [-0.2, 0) is 14.8 Å². The summed E-state index contributed by atoms with van der Waals surface area (Å²) in [6.07, 6.45) is 0. The van der Waals surface area contributed by atoms with Gasteiger partial charge in [0.15, 0.2) is 11.0 Å². The summed E-state index contributed by atoms with van der Waals surface area (Å²) in [5.74, 6) is -0.409. The molecule has 0 bridgehead atoms. The van der Waals surface area contributed by atoms with Gasteiger partial charge < -0.3 is 4.74 Å². The Labute approximate surface area is 141 Å². The quantitative estimate of drug-likeness (QED) is 0.780. The van der Waals surface area contributed by atoms with Crippen molar-refractivity contribution in [1.82, 2.24) is 4.31 Å². The van der Waals surface area contributed by atoms with Crippen LogP contribution in [-0.4, -0.2) is 44.8 Å². The summed E-state index contributed by atoms with van der Waals surface area (Å²) in [7, 11) is -3.82. The minimum Gasteiger partial charge on any atom is -0.379 e. The van der Waals surface area contributed by atoms with Crippen molar-refractivity contribution in [2.24, 2.45) is 0 Å². The molecule has 3 rings (SSSR count). The predicted molar refractivity (Wildman–Crippen MR) is 91.3 cm³/mol. The number of ether oxygens (including phenoxy) is 1. The first-order valence-corrected chi connectivity index (χ1v) is 9.32. The maximum Gasteiger partial charge on any atom is 0.228 e. The van der Waals surface area contributed by atoms with E-state index in [1.165, 1.54) is 4.31 Å². The molecule has 1 atom stereocenters. The van der Waals surface area contributed by atoms with Crippen LogP contribution in [0.3, 0.4) is 0 Å². The van der Waals surface area contributed by atoms with Gasteiger partial charge in [0.2, 0.25) is 10.0 Å². The van der Waals surface area contributed by atoms with Crippen LogP contribution in [0.4, 0.5) is 0 Å². The lowest BCUT2D eigenvalue weighted by molar-refractivity contribution is 0.0720. The van der Waals surface area contributed by atoms with Gasteiger partial charge in [-0.15, -0.1) is 0 Å². The second kappa shape index (κ2) is 7.25. The normalized spacial score (nSPS) is 17.3. The molecule has 0 radical (unpaired) electrons. The van der Waals surface area contributed by atoms with Crippen LogP contribution < -0.4 is 0 Å². The Morgan fingerprint density at radius 3 is 2.04 bits per heavy atom. The fourth-order valence-corrected chi connectivity index (χ4v) is 4.65. The molecule has 1 heterocycles. The molecule has 1 unspecified atom stereocenters. The molecule has 1 saturated heterocycles. The first-order chi connectivity index (χ1) is 11.6. The molecule has 1 fully saturated rings. The van der Waals surface area contributed by atoms with Crippen LogP contribution in [0.1, 0.15) is 21.2 Å². The number of ketones is 1. The fourth-order valence-electron chi connectivity index (χ4n) is 2.79. The molecule has 2 aromatic carbocycles. The van der Waals surface area contributed by atoms with Gasteiger partial charge in [0.25, 0.3) is 0 Å². The van der Waals surface area contributed by atoms with Crippen LogP contribution in [0.15, 0.2) is 60.7 Å². The highest BCUT2D eigenvalue weighted by atomic mass is 32.2. The Bertz CT molecular complexity index is 784. The Morgan fingerprint density at radius 2 is 1.46 bits per heavy atom. The van der Waals surface area contributed by atoms with Crippen LogP contribution in [0, 0.1) is 0 Å². The van der Waals surface area contributed by atoms with E-state index in [1.54, 1.807) is 60.7 Å². The molecular weight excluding hydrogens is 326 g/mol. The second-order valence-electron chi connectivity index (χ2n) is 5.58. The van der Waals surface area contributed by atoms with Crippen molar-refractivity contribution in [3.8, 4) is 0 Å². The standard InChI is InChI=1S/C18H19NO4S/c20-17(15-7-3-1-4-8-15)18(16-9-5-2-6-10-16)24(21,22)19-11-13-23-14-12-19/h1-10,18H,11-14H2. The molecule has 0 aliphatic carbocycles. The molecule has 0 amide bonds.